The van der Waals surface area contributed by atoms with Crippen molar-refractivity contribution in [2.45, 2.75) is 38.1 Å². The smallest absolute Gasteiger partial charge is 0.246 e. The van der Waals surface area contributed by atoms with Gasteiger partial charge in [-0.15, -0.1) is 0 Å². The van der Waals surface area contributed by atoms with Gasteiger partial charge in [-0.05, 0) is 62.6 Å². The van der Waals surface area contributed by atoms with Gasteiger partial charge in [-0.25, -0.2) is 18.1 Å². The zero-order valence-corrected chi connectivity index (χ0v) is 19.8. The van der Waals surface area contributed by atoms with E-state index in [1.54, 1.807) is 18.2 Å². The molecule has 4 rings (SSSR count). The lowest BCUT2D eigenvalue weighted by molar-refractivity contribution is 0.192. The number of hydrogen-bond donors (Lipinski definition) is 1. The Morgan fingerprint density at radius 1 is 1.09 bits per heavy atom. The van der Waals surface area contributed by atoms with Crippen molar-refractivity contribution in [1.29, 1.82) is 0 Å². The highest BCUT2D eigenvalue weighted by Crippen LogP contribution is 2.34. The lowest BCUT2D eigenvalue weighted by atomic mass is 10.1. The molecule has 1 N–H and O–H groups in total. The summed E-state index contributed by atoms with van der Waals surface area (Å²) >= 11 is 6.14. The van der Waals surface area contributed by atoms with Gasteiger partial charge in [0.25, 0.3) is 0 Å². The van der Waals surface area contributed by atoms with Crippen molar-refractivity contribution in [2.75, 3.05) is 13.2 Å². The van der Waals surface area contributed by atoms with Crippen LogP contribution < -0.4 is 9.46 Å². The van der Waals surface area contributed by atoms with Gasteiger partial charge in [-0.1, -0.05) is 41.4 Å². The summed E-state index contributed by atoms with van der Waals surface area (Å²) < 4.78 is 40.6. The molecule has 0 bridgehead atoms. The maximum absolute atomic E-state index is 13.2. The number of aromatic nitrogens is 1. The first-order chi connectivity index (χ1) is 15.2. The van der Waals surface area contributed by atoms with Crippen LogP contribution in [-0.2, 0) is 14.8 Å². The second-order valence-corrected chi connectivity index (χ2v) is 10.1. The normalized spacial score (nSPS) is 16.3. The predicted octanol–water partition coefficient (Wildman–Crippen LogP) is 5.19. The van der Waals surface area contributed by atoms with Crippen LogP contribution in [0, 0.1) is 20.8 Å². The van der Waals surface area contributed by atoms with E-state index in [9.17, 15) is 8.42 Å². The van der Waals surface area contributed by atoms with Crippen molar-refractivity contribution in [3.8, 4) is 22.9 Å². The van der Waals surface area contributed by atoms with Crippen molar-refractivity contribution in [3.05, 3.63) is 70.2 Å². The standard InChI is InChI=1S/C24H25ClN2O4S/c1-15-11-16(2)23(17(3)12-15)31-24-22(32(28,29)27-20-9-10-30-14-20)8-7-21(26-24)18-5-4-6-19(25)13-18/h4-8,11-13,20,27H,9-10,14H2,1-3H3. The van der Waals surface area contributed by atoms with E-state index in [2.05, 4.69) is 9.71 Å². The van der Waals surface area contributed by atoms with Crippen molar-refractivity contribution >= 4 is 21.6 Å². The highest BCUT2D eigenvalue weighted by atomic mass is 35.5. The number of nitrogens with one attached hydrogen (secondary N) is 1. The van der Waals surface area contributed by atoms with Crippen molar-refractivity contribution in [3.63, 3.8) is 0 Å². The summed E-state index contributed by atoms with van der Waals surface area (Å²) in [6.07, 6.45) is 0.625. The lowest BCUT2D eigenvalue weighted by Gasteiger charge is -2.17. The Balaban J connectivity index is 1.80. The molecule has 3 aromatic rings. The van der Waals surface area contributed by atoms with Crippen LogP contribution in [-0.4, -0.2) is 32.7 Å². The minimum Gasteiger partial charge on any atom is -0.437 e. The molecule has 1 atom stereocenters. The molecule has 168 valence electrons. The van der Waals surface area contributed by atoms with Gasteiger partial charge in [0.05, 0.1) is 12.3 Å². The molecule has 0 spiro atoms. The zero-order chi connectivity index (χ0) is 22.9. The topological polar surface area (TPSA) is 77.5 Å². The molecule has 32 heavy (non-hydrogen) atoms. The Kier molecular flexibility index (Phi) is 6.53. The molecule has 2 heterocycles. The molecule has 0 aliphatic carbocycles. The summed E-state index contributed by atoms with van der Waals surface area (Å²) in [7, 11) is -3.88. The molecule has 0 amide bonds. The fraction of sp³-hybridized carbons (Fsp3) is 0.292. The van der Waals surface area contributed by atoms with E-state index >= 15 is 0 Å². The van der Waals surface area contributed by atoms with Crippen LogP contribution in [0.4, 0.5) is 0 Å². The molecule has 0 saturated carbocycles. The highest BCUT2D eigenvalue weighted by Gasteiger charge is 2.28. The first kappa shape index (κ1) is 22.7. The SMILES string of the molecule is Cc1cc(C)c(Oc2nc(-c3cccc(Cl)c3)ccc2S(=O)(=O)NC2CCOC2)c(C)c1. The van der Waals surface area contributed by atoms with E-state index in [1.807, 2.05) is 45.0 Å². The van der Waals surface area contributed by atoms with Gasteiger partial charge in [-0.3, -0.25) is 0 Å². The number of nitrogens with zero attached hydrogens (tertiary/aromatic N) is 1. The number of hydrogen-bond acceptors (Lipinski definition) is 5. The molecule has 2 aromatic carbocycles. The van der Waals surface area contributed by atoms with Crippen LogP contribution in [0.25, 0.3) is 11.3 Å². The number of pyridine rings is 1. The Morgan fingerprint density at radius 3 is 2.50 bits per heavy atom. The first-order valence-electron chi connectivity index (χ1n) is 10.4. The molecule has 1 saturated heterocycles. The van der Waals surface area contributed by atoms with Gasteiger partial charge < -0.3 is 9.47 Å². The van der Waals surface area contributed by atoms with Crippen LogP contribution in [0.2, 0.25) is 5.02 Å². The second-order valence-electron chi connectivity index (χ2n) is 8.02. The number of aryl methyl sites for hydroxylation is 3. The average molecular weight is 473 g/mol. The summed E-state index contributed by atoms with van der Waals surface area (Å²) in [5.74, 6) is 0.607. The van der Waals surface area contributed by atoms with Crippen molar-refractivity contribution in [1.82, 2.24) is 9.71 Å². The van der Waals surface area contributed by atoms with Gasteiger partial charge in [0.1, 0.15) is 10.6 Å². The second kappa shape index (κ2) is 9.19. The van der Waals surface area contributed by atoms with Crippen LogP contribution in [0.5, 0.6) is 11.6 Å². The van der Waals surface area contributed by atoms with Crippen molar-refractivity contribution in [2.24, 2.45) is 0 Å². The van der Waals surface area contributed by atoms with E-state index < -0.39 is 10.0 Å². The summed E-state index contributed by atoms with van der Waals surface area (Å²) in [5, 5.41) is 0.566. The first-order valence-corrected chi connectivity index (χ1v) is 12.2. The molecule has 1 fully saturated rings. The third kappa shape index (κ3) is 4.96. The molecule has 6 nitrogen and oxygen atoms in total. The summed E-state index contributed by atoms with van der Waals surface area (Å²) in [5.41, 5.74) is 4.23. The molecule has 1 aliphatic heterocycles. The van der Waals surface area contributed by atoms with Crippen LogP contribution in [0.3, 0.4) is 0 Å². The Hall–Kier alpha value is -2.45. The number of benzene rings is 2. The van der Waals surface area contributed by atoms with E-state index in [4.69, 9.17) is 21.1 Å². The van der Waals surface area contributed by atoms with E-state index in [1.165, 1.54) is 6.07 Å². The Bertz CT molecular complexity index is 1230. The van der Waals surface area contributed by atoms with Gasteiger partial charge in [-0.2, -0.15) is 0 Å². The number of rotatable bonds is 6. The van der Waals surface area contributed by atoms with Gasteiger partial charge >= 0.3 is 0 Å². The molecule has 1 aliphatic rings. The maximum atomic E-state index is 13.2. The third-order valence-corrected chi connectivity index (χ3v) is 7.06. The minimum absolute atomic E-state index is 0.0175. The monoisotopic (exact) mass is 472 g/mol. The maximum Gasteiger partial charge on any atom is 0.246 e. The summed E-state index contributed by atoms with van der Waals surface area (Å²) in [6, 6.07) is 14.1. The molecular weight excluding hydrogens is 448 g/mol. The highest BCUT2D eigenvalue weighted by molar-refractivity contribution is 7.89. The van der Waals surface area contributed by atoms with Gasteiger partial charge in [0.2, 0.25) is 15.9 Å². The van der Waals surface area contributed by atoms with Crippen LogP contribution >= 0.6 is 11.6 Å². The third-order valence-electron chi connectivity index (χ3n) is 5.29. The van der Waals surface area contributed by atoms with Crippen molar-refractivity contribution < 1.29 is 17.9 Å². The number of sulfonamides is 1. The number of halogens is 1. The van der Waals surface area contributed by atoms with Gasteiger partial charge in [0.15, 0.2) is 0 Å². The molecule has 8 heteroatoms. The average Bonchev–Trinajstić information content (AvgIpc) is 3.22. The largest absolute Gasteiger partial charge is 0.437 e. The summed E-state index contributed by atoms with van der Waals surface area (Å²) in [6.45, 7) is 6.74. The molecule has 1 unspecified atom stereocenters. The fourth-order valence-electron chi connectivity index (χ4n) is 3.85. The van der Waals surface area contributed by atoms with E-state index in [0.717, 1.165) is 22.3 Å². The Labute approximate surface area is 193 Å². The zero-order valence-electron chi connectivity index (χ0n) is 18.2. The van der Waals surface area contributed by atoms with Gasteiger partial charge in [0, 0.05) is 23.2 Å². The van der Waals surface area contributed by atoms with E-state index in [0.29, 0.717) is 36.1 Å². The fourth-order valence-corrected chi connectivity index (χ4v) is 5.36. The van der Waals surface area contributed by atoms with Crippen LogP contribution in [0.1, 0.15) is 23.1 Å². The summed E-state index contributed by atoms with van der Waals surface area (Å²) in [4.78, 5) is 4.57. The predicted molar refractivity (Wildman–Crippen MR) is 125 cm³/mol. The van der Waals surface area contributed by atoms with E-state index in [-0.39, 0.29) is 16.8 Å². The minimum atomic E-state index is -3.88. The Morgan fingerprint density at radius 2 is 1.84 bits per heavy atom. The number of ether oxygens (including phenoxy) is 2. The molecule has 1 aromatic heterocycles. The van der Waals surface area contributed by atoms with Crippen LogP contribution in [0.15, 0.2) is 53.4 Å². The lowest BCUT2D eigenvalue weighted by Crippen LogP contribution is -2.35. The molecule has 0 radical (unpaired) electrons. The molecular formula is C24H25ClN2O4S. The quantitative estimate of drug-likeness (QED) is 0.534.